The van der Waals surface area contributed by atoms with Gasteiger partial charge in [0.25, 0.3) is 0 Å². The van der Waals surface area contributed by atoms with E-state index in [0.29, 0.717) is 24.0 Å². The van der Waals surface area contributed by atoms with Gasteiger partial charge in [-0.25, -0.2) is 4.79 Å². The zero-order valence-corrected chi connectivity index (χ0v) is 64.7. The number of phenols is 1. The number of unbranched alkanes of at least 4 members (excludes halogenated alkanes) is 1. The highest BCUT2D eigenvalue weighted by Gasteiger charge is 2.39. The second kappa shape index (κ2) is 50.6. The number of nitrogens with one attached hydrogen (secondary N) is 13. The minimum atomic E-state index is -2.03. The maximum Gasteiger partial charge on any atom is 0.326 e. The van der Waals surface area contributed by atoms with Crippen LogP contribution >= 0.6 is 0 Å². The lowest BCUT2D eigenvalue weighted by atomic mass is 9.96. The number of carboxylic acids is 3. The van der Waals surface area contributed by atoms with Crippen LogP contribution in [0.15, 0.2) is 84.9 Å². The number of nitrogens with two attached hydrogens (primary N) is 6. The molecule has 29 N–H and O–H groups in total. The number of carbonyl (C=O) groups excluding carboxylic acids is 14. The predicted molar refractivity (Wildman–Crippen MR) is 414 cm³/mol. The molecule has 0 saturated carbocycles. The highest BCUT2D eigenvalue weighted by atomic mass is 16.4. The van der Waals surface area contributed by atoms with Crippen molar-refractivity contribution in [2.45, 2.75) is 222 Å². The Morgan fingerprint density at radius 3 is 1.06 bits per heavy atom. The van der Waals surface area contributed by atoms with Crippen LogP contribution in [-0.4, -0.2) is 213 Å². The fourth-order valence-corrected chi connectivity index (χ4v) is 11.6. The first-order valence-electron chi connectivity index (χ1n) is 37.6. The third-order valence-electron chi connectivity index (χ3n) is 18.6. The molecule has 0 aliphatic rings. The lowest BCUT2D eigenvalue weighted by molar-refractivity contribution is -0.142. The Morgan fingerprint density at radius 2 is 0.704 bits per heavy atom. The summed E-state index contributed by atoms with van der Waals surface area (Å²) < 4.78 is 0. The van der Waals surface area contributed by atoms with Crippen molar-refractivity contribution in [3.05, 3.63) is 102 Å². The summed E-state index contributed by atoms with van der Waals surface area (Å²) in [6, 6.07) is 1.39. The number of hydrogen-bond donors (Lipinski definition) is 23. The van der Waals surface area contributed by atoms with E-state index >= 15 is 0 Å². The summed E-state index contributed by atoms with van der Waals surface area (Å²) in [4.78, 5) is 232. The number of rotatable bonds is 55. The van der Waals surface area contributed by atoms with Crippen molar-refractivity contribution in [2.75, 3.05) is 13.1 Å². The van der Waals surface area contributed by atoms with Crippen molar-refractivity contribution in [3.63, 3.8) is 0 Å². The van der Waals surface area contributed by atoms with E-state index in [-0.39, 0.29) is 75.3 Å². The first-order valence-corrected chi connectivity index (χ1v) is 37.6. The molecule has 40 heteroatoms. The van der Waals surface area contributed by atoms with Gasteiger partial charge in [0.2, 0.25) is 82.7 Å². The van der Waals surface area contributed by atoms with Gasteiger partial charge in [0.05, 0.1) is 12.5 Å². The standard InChI is InChI=1S/C75H111N19O21/c1-5-40(3)61(72(112)87-48(27-31-57(79)97)65(105)89-52(36-42-16-9-7-10-17-42)69(109)88-51(74(114)115)21-13-14-34-76)93-67(107)50(29-33-59(99)100)85-64(104)47(26-30-56(78)96)86-68(108)54(38-44-22-24-45(95)25-23-44)90-70(110)53(37-43-18-11-8-12-19-43)91-71(111)55(39-60(101)102)92-73(113)62(41(4)6-2)94-66(106)49(28-32-58(80)98)84-63(103)46(77)20-15-35-83-75(81)82/h7-12,16-19,22-25,40-41,46-55,61-62,95H,5-6,13-15,20-21,26-39,76-77H2,1-4H3,(H2,78,96)(H2,79,97)(H2,80,98)(H,84,103)(H,85,104)(H,86,108)(H,87,112)(H,88,109)(H,89,105)(H,90,110)(H,91,111)(H,92,113)(H,93,107)(H,94,106)(H,99,100)(H,101,102)(H,114,115)(H4,81,82,83)/t40-,41-,46-,47-,48-,49-,50-,51-,52-,53-,54-,55-,61-,62-/m0/s1. The summed E-state index contributed by atoms with van der Waals surface area (Å²) in [6.07, 6.45) is -5.45. The number of aliphatic carboxylic acids is 3. The molecule has 0 aromatic heterocycles. The van der Waals surface area contributed by atoms with Gasteiger partial charge in [-0.3, -0.25) is 82.1 Å². The fourth-order valence-electron chi connectivity index (χ4n) is 11.6. The molecule has 0 radical (unpaired) electrons. The monoisotopic (exact) mass is 1610 g/mol. The van der Waals surface area contributed by atoms with Gasteiger partial charge in [-0.05, 0) is 105 Å². The molecule has 3 rings (SSSR count). The number of primary amides is 3. The summed E-state index contributed by atoms with van der Waals surface area (Å²) >= 11 is 0. The van der Waals surface area contributed by atoms with Gasteiger partial charge < -0.3 is 119 Å². The van der Waals surface area contributed by atoms with Crippen LogP contribution in [0.1, 0.15) is 147 Å². The van der Waals surface area contributed by atoms with Crippen LogP contribution in [0.2, 0.25) is 0 Å². The fraction of sp³-hybridized carbons (Fsp3) is 0.520. The van der Waals surface area contributed by atoms with Crippen LogP contribution in [-0.2, 0) is 101 Å². The van der Waals surface area contributed by atoms with E-state index in [4.69, 9.17) is 39.8 Å². The van der Waals surface area contributed by atoms with E-state index < -0.39 is 249 Å². The van der Waals surface area contributed by atoms with Crippen molar-refractivity contribution in [1.82, 2.24) is 63.8 Å². The first-order chi connectivity index (χ1) is 54.4. The zero-order valence-electron chi connectivity index (χ0n) is 64.7. The minimum absolute atomic E-state index is 0.0151. The number of phenolic OH excluding ortho intramolecular Hbond substituents is 1. The highest BCUT2D eigenvalue weighted by molar-refractivity contribution is 6.01. The number of amides is 14. The van der Waals surface area contributed by atoms with Crippen molar-refractivity contribution in [2.24, 2.45) is 46.2 Å². The molecule has 115 heavy (non-hydrogen) atoms. The zero-order chi connectivity index (χ0) is 86.0. The van der Waals surface area contributed by atoms with Crippen LogP contribution in [0.5, 0.6) is 5.75 Å². The molecule has 0 unspecified atom stereocenters. The second-order valence-electron chi connectivity index (χ2n) is 27.8. The van der Waals surface area contributed by atoms with Gasteiger partial charge in [-0.1, -0.05) is 113 Å². The highest BCUT2D eigenvalue weighted by Crippen LogP contribution is 2.18. The molecule has 632 valence electrons. The van der Waals surface area contributed by atoms with E-state index in [1.807, 2.05) is 0 Å². The van der Waals surface area contributed by atoms with Gasteiger partial charge in [0.15, 0.2) is 5.96 Å². The summed E-state index contributed by atoms with van der Waals surface area (Å²) in [7, 11) is 0. The molecular weight excluding hydrogens is 1500 g/mol. The second-order valence-corrected chi connectivity index (χ2v) is 27.8. The van der Waals surface area contributed by atoms with E-state index in [1.54, 1.807) is 74.5 Å². The average molecular weight is 1610 g/mol. The Labute approximate surface area is 664 Å². The molecule has 0 saturated heterocycles. The quantitative estimate of drug-likeness (QED) is 0.0145. The normalized spacial score (nSPS) is 14.6. The summed E-state index contributed by atoms with van der Waals surface area (Å²) in [6.45, 7) is 6.71. The molecule has 40 nitrogen and oxygen atoms in total. The van der Waals surface area contributed by atoms with E-state index in [2.05, 4.69) is 63.8 Å². The van der Waals surface area contributed by atoms with E-state index in [9.17, 15) is 102 Å². The van der Waals surface area contributed by atoms with Gasteiger partial charge in [-0.2, -0.15) is 0 Å². The number of hydrogen-bond acceptors (Lipinski definition) is 21. The summed E-state index contributed by atoms with van der Waals surface area (Å²) in [5, 5.41) is 77.2. The van der Waals surface area contributed by atoms with Gasteiger partial charge in [0.1, 0.15) is 72.2 Å². The molecule has 0 fully saturated rings. The van der Waals surface area contributed by atoms with Crippen LogP contribution < -0.4 is 98.2 Å². The molecular formula is C75H111N19O21. The van der Waals surface area contributed by atoms with Gasteiger partial charge in [-0.15, -0.1) is 0 Å². The molecule has 0 heterocycles. The Kier molecular flexibility index (Phi) is 42.6. The lowest BCUT2D eigenvalue weighted by Crippen LogP contribution is -2.62. The molecule has 0 spiro atoms. The topological polar surface area (TPSA) is 695 Å². The SMILES string of the molecule is CC[C@H](C)[C@H](NC(=O)[C@H](CCC(=O)O)NC(=O)[C@H](CCC(N)=O)NC(=O)[C@H](Cc1ccc(O)cc1)NC(=O)[C@H](Cc1ccccc1)NC(=O)[C@H](CC(=O)O)NC(=O)[C@@H](NC(=O)[C@H](CCC(N)=O)NC(=O)[C@@H](N)CCCNC(=N)N)[C@@H](C)CC)C(=O)N[C@@H](CCC(N)=O)C(=O)N[C@@H](Cc1ccccc1)C(=O)N[C@@H](CCCCN)C(=O)O. The van der Waals surface area contributed by atoms with Crippen molar-refractivity contribution < 1.29 is 102 Å². The maximum atomic E-state index is 15.0. The molecule has 3 aromatic rings. The average Bonchev–Trinajstić information content (AvgIpc) is 0.843. The van der Waals surface area contributed by atoms with E-state index in [1.165, 1.54) is 38.1 Å². The largest absolute Gasteiger partial charge is 0.508 e. The van der Waals surface area contributed by atoms with Gasteiger partial charge in [0, 0.05) is 51.5 Å². The summed E-state index contributed by atoms with van der Waals surface area (Å²) in [5.41, 5.74) is 34.5. The van der Waals surface area contributed by atoms with Gasteiger partial charge >= 0.3 is 17.9 Å². The van der Waals surface area contributed by atoms with Crippen LogP contribution in [0.25, 0.3) is 0 Å². The Balaban J connectivity index is 2.07. The molecule has 14 amide bonds. The van der Waals surface area contributed by atoms with Crippen LogP contribution in [0, 0.1) is 17.2 Å². The molecule has 0 aliphatic carbocycles. The first kappa shape index (κ1) is 96.8. The van der Waals surface area contributed by atoms with E-state index in [0.717, 1.165) is 0 Å². The Bertz CT molecular complexity index is 3820. The maximum absolute atomic E-state index is 15.0. The minimum Gasteiger partial charge on any atom is -0.508 e. The van der Waals surface area contributed by atoms with Crippen molar-refractivity contribution in [1.29, 1.82) is 5.41 Å². The van der Waals surface area contributed by atoms with Crippen molar-refractivity contribution in [3.8, 4) is 5.75 Å². The third kappa shape index (κ3) is 36.8. The van der Waals surface area contributed by atoms with Crippen molar-refractivity contribution >= 4 is 107 Å². The summed E-state index contributed by atoms with van der Waals surface area (Å²) in [5.74, 6) is -21.6. The predicted octanol–water partition coefficient (Wildman–Crippen LogP) is -4.21. The lowest BCUT2D eigenvalue weighted by Gasteiger charge is -2.30. The number of guanidine groups is 1. The smallest absolute Gasteiger partial charge is 0.326 e. The molecule has 0 bridgehead atoms. The molecule has 0 aliphatic heterocycles. The number of benzene rings is 3. The third-order valence-corrected chi connectivity index (χ3v) is 18.6. The Hall–Kier alpha value is -12.4. The van der Waals surface area contributed by atoms with Crippen LogP contribution in [0.4, 0.5) is 0 Å². The number of carboxylic acid groups (broad SMARTS) is 3. The molecule has 3 aromatic carbocycles. The Morgan fingerprint density at radius 1 is 0.374 bits per heavy atom. The molecule has 14 atom stereocenters. The van der Waals surface area contributed by atoms with Crippen LogP contribution in [0.3, 0.4) is 0 Å². The number of aromatic hydroxyl groups is 1. The number of carbonyl (C=O) groups is 17.